The van der Waals surface area contributed by atoms with Crippen LogP contribution < -0.4 is 9.64 Å². The number of benzene rings is 2. The van der Waals surface area contributed by atoms with Crippen LogP contribution in [0.1, 0.15) is 35.5 Å². The summed E-state index contributed by atoms with van der Waals surface area (Å²) in [6.07, 6.45) is 0.921. The van der Waals surface area contributed by atoms with Gasteiger partial charge in [-0.2, -0.15) is 0 Å². The molecule has 1 amide bonds. The van der Waals surface area contributed by atoms with E-state index < -0.39 is 5.97 Å². The van der Waals surface area contributed by atoms with Crippen LogP contribution in [0.25, 0.3) is 0 Å². The van der Waals surface area contributed by atoms with Gasteiger partial charge in [0.1, 0.15) is 17.9 Å². The number of nitrogens with zero attached hydrogens (tertiary/aromatic N) is 2. The molecule has 6 nitrogen and oxygen atoms in total. The van der Waals surface area contributed by atoms with E-state index in [0.717, 1.165) is 12.1 Å². The fourth-order valence-electron chi connectivity index (χ4n) is 2.83. The van der Waals surface area contributed by atoms with Crippen LogP contribution in [-0.2, 0) is 22.6 Å². The molecule has 0 bridgehead atoms. The lowest BCUT2D eigenvalue weighted by atomic mass is 10.1. The summed E-state index contributed by atoms with van der Waals surface area (Å²) < 4.78 is 10.5. The number of carbonyl (C=O) groups excluding carboxylic acids is 2. The second-order valence-corrected chi connectivity index (χ2v) is 7.69. The zero-order valence-electron chi connectivity index (χ0n) is 16.8. The van der Waals surface area contributed by atoms with Gasteiger partial charge < -0.3 is 9.47 Å². The zero-order valence-corrected chi connectivity index (χ0v) is 18.4. The third kappa shape index (κ3) is 4.98. The summed E-state index contributed by atoms with van der Waals surface area (Å²) in [5.74, 6) is -0.343. The third-order valence-electron chi connectivity index (χ3n) is 4.38. The molecule has 3 rings (SSSR count). The Kier molecular flexibility index (Phi) is 7.07. The third-order valence-corrected chi connectivity index (χ3v) is 5.49. The number of amides is 1. The van der Waals surface area contributed by atoms with Crippen LogP contribution in [0.3, 0.4) is 0 Å². The van der Waals surface area contributed by atoms with Gasteiger partial charge in [0, 0.05) is 17.3 Å². The minimum atomic E-state index is -0.567. The van der Waals surface area contributed by atoms with E-state index in [1.165, 1.54) is 41.9 Å². The second kappa shape index (κ2) is 9.73. The topological polar surface area (TPSA) is 68.7 Å². The lowest BCUT2D eigenvalue weighted by Crippen LogP contribution is -2.22. The lowest BCUT2D eigenvalue weighted by Gasteiger charge is -2.18. The number of carbonyl (C=O) groups is 2. The van der Waals surface area contributed by atoms with Crippen LogP contribution in [0.15, 0.2) is 47.8 Å². The molecule has 0 saturated heterocycles. The van der Waals surface area contributed by atoms with E-state index in [1.54, 1.807) is 17.5 Å². The van der Waals surface area contributed by atoms with E-state index >= 15 is 0 Å². The van der Waals surface area contributed by atoms with Crippen molar-refractivity contribution < 1.29 is 19.1 Å². The van der Waals surface area contributed by atoms with Crippen molar-refractivity contribution in [3.8, 4) is 5.75 Å². The van der Waals surface area contributed by atoms with E-state index in [9.17, 15) is 9.59 Å². The monoisotopic (exact) mass is 444 g/mol. The number of hydrogen-bond donors (Lipinski definition) is 0. The molecular weight excluding hydrogens is 424 g/mol. The molecule has 30 heavy (non-hydrogen) atoms. The van der Waals surface area contributed by atoms with Crippen LogP contribution in [0.5, 0.6) is 5.75 Å². The van der Waals surface area contributed by atoms with Crippen molar-refractivity contribution >= 4 is 45.6 Å². The first-order chi connectivity index (χ1) is 14.4. The van der Waals surface area contributed by atoms with Gasteiger partial charge in [0.05, 0.1) is 18.5 Å². The predicted molar refractivity (Wildman–Crippen MR) is 118 cm³/mol. The molecule has 0 aliphatic carbocycles. The van der Waals surface area contributed by atoms with Crippen LogP contribution >= 0.6 is 22.9 Å². The molecule has 8 heteroatoms. The van der Waals surface area contributed by atoms with Gasteiger partial charge in [0.25, 0.3) is 0 Å². The maximum Gasteiger partial charge on any atom is 0.342 e. The Morgan fingerprint density at radius 3 is 2.53 bits per heavy atom. The molecule has 3 aromatic rings. The number of rotatable bonds is 7. The van der Waals surface area contributed by atoms with Crippen LogP contribution in [-0.4, -0.2) is 24.0 Å². The van der Waals surface area contributed by atoms with Crippen molar-refractivity contribution in [3.63, 3.8) is 0 Å². The predicted octanol–water partition coefficient (Wildman–Crippen LogP) is 5.41. The summed E-state index contributed by atoms with van der Waals surface area (Å²) in [5, 5.41) is 2.68. The summed E-state index contributed by atoms with van der Waals surface area (Å²) in [6, 6.07) is 12.5. The molecule has 0 atom stereocenters. The highest BCUT2D eigenvalue weighted by molar-refractivity contribution is 7.14. The standard InChI is InChI=1S/C22H21ClN2O4S/c1-4-15-5-8-18(9-6-15)25(14(2)26)22-24-17(13-30-22)12-29-21(27)19-11-16(23)7-10-20(19)28-3/h5-11,13H,4,12H2,1-3H3. The number of aryl methyl sites for hydroxylation is 1. The molecule has 1 heterocycles. The van der Waals surface area contributed by atoms with E-state index in [1.807, 2.05) is 24.3 Å². The van der Waals surface area contributed by atoms with Crippen LogP contribution in [0, 0.1) is 0 Å². The number of halogens is 1. The summed E-state index contributed by atoms with van der Waals surface area (Å²) in [7, 11) is 1.47. The normalized spacial score (nSPS) is 10.5. The van der Waals surface area contributed by atoms with E-state index in [0.29, 0.717) is 21.6 Å². The largest absolute Gasteiger partial charge is 0.496 e. The first-order valence-electron chi connectivity index (χ1n) is 9.27. The molecule has 2 aromatic carbocycles. The quantitative estimate of drug-likeness (QED) is 0.456. The average molecular weight is 445 g/mol. The van der Waals surface area contributed by atoms with Crippen molar-refractivity contribution in [3.05, 3.63) is 69.7 Å². The summed E-state index contributed by atoms with van der Waals surface area (Å²) in [5.41, 5.74) is 2.70. The number of esters is 1. The molecule has 0 radical (unpaired) electrons. The molecule has 0 saturated carbocycles. The van der Waals surface area contributed by atoms with Gasteiger partial charge in [-0.3, -0.25) is 9.69 Å². The number of aromatic nitrogens is 1. The second-order valence-electron chi connectivity index (χ2n) is 6.42. The van der Waals surface area contributed by atoms with Gasteiger partial charge in [-0.15, -0.1) is 11.3 Å². The summed E-state index contributed by atoms with van der Waals surface area (Å²) in [6.45, 7) is 3.52. The SMILES string of the molecule is CCc1ccc(N(C(C)=O)c2nc(COC(=O)c3cc(Cl)ccc3OC)cs2)cc1. The molecule has 0 aliphatic rings. The Morgan fingerprint density at radius 1 is 1.17 bits per heavy atom. The zero-order chi connectivity index (χ0) is 21.7. The van der Waals surface area contributed by atoms with Crippen molar-refractivity contribution in [1.29, 1.82) is 0 Å². The Hall–Kier alpha value is -2.90. The molecular formula is C22H21ClN2O4S. The number of methoxy groups -OCH3 is 1. The highest BCUT2D eigenvalue weighted by Gasteiger charge is 2.19. The van der Waals surface area contributed by atoms with Gasteiger partial charge in [-0.25, -0.2) is 9.78 Å². The highest BCUT2D eigenvalue weighted by Crippen LogP contribution is 2.30. The van der Waals surface area contributed by atoms with E-state index in [-0.39, 0.29) is 18.1 Å². The lowest BCUT2D eigenvalue weighted by molar-refractivity contribution is -0.115. The van der Waals surface area contributed by atoms with Crippen molar-refractivity contribution in [1.82, 2.24) is 4.98 Å². The average Bonchev–Trinajstić information content (AvgIpc) is 3.20. The first-order valence-corrected chi connectivity index (χ1v) is 10.5. The summed E-state index contributed by atoms with van der Waals surface area (Å²) >= 11 is 7.27. The van der Waals surface area contributed by atoms with Crippen molar-refractivity contribution in [2.24, 2.45) is 0 Å². The molecule has 156 valence electrons. The fraction of sp³-hybridized carbons (Fsp3) is 0.227. The molecule has 0 aliphatic heterocycles. The van der Waals surface area contributed by atoms with Gasteiger partial charge in [-0.05, 0) is 42.3 Å². The van der Waals surface area contributed by atoms with Crippen molar-refractivity contribution in [2.45, 2.75) is 26.9 Å². The van der Waals surface area contributed by atoms with Gasteiger partial charge >= 0.3 is 5.97 Å². The number of ether oxygens (including phenoxy) is 2. The summed E-state index contributed by atoms with van der Waals surface area (Å²) in [4.78, 5) is 30.7. The Morgan fingerprint density at radius 2 is 1.90 bits per heavy atom. The Labute approximate surface area is 184 Å². The minimum Gasteiger partial charge on any atom is -0.496 e. The molecule has 0 unspecified atom stereocenters. The van der Waals surface area contributed by atoms with Gasteiger partial charge in [-0.1, -0.05) is 30.7 Å². The Balaban J connectivity index is 1.74. The fourth-order valence-corrected chi connectivity index (χ4v) is 3.87. The minimum absolute atomic E-state index is 0.0362. The molecule has 0 N–H and O–H groups in total. The van der Waals surface area contributed by atoms with E-state index in [4.69, 9.17) is 21.1 Å². The molecule has 0 spiro atoms. The highest BCUT2D eigenvalue weighted by atomic mass is 35.5. The van der Waals surface area contributed by atoms with Gasteiger partial charge in [0.15, 0.2) is 5.13 Å². The van der Waals surface area contributed by atoms with Crippen LogP contribution in [0.2, 0.25) is 5.02 Å². The molecule has 0 fully saturated rings. The number of anilines is 2. The van der Waals surface area contributed by atoms with Gasteiger partial charge in [0.2, 0.25) is 5.91 Å². The number of hydrogen-bond acceptors (Lipinski definition) is 6. The number of thiazole rings is 1. The first kappa shape index (κ1) is 21.8. The maximum atomic E-state index is 12.4. The van der Waals surface area contributed by atoms with Crippen molar-refractivity contribution in [2.75, 3.05) is 12.0 Å². The smallest absolute Gasteiger partial charge is 0.342 e. The molecule has 1 aromatic heterocycles. The Bertz CT molecular complexity index is 1050. The maximum absolute atomic E-state index is 12.4. The van der Waals surface area contributed by atoms with E-state index in [2.05, 4.69) is 11.9 Å². The van der Waals surface area contributed by atoms with Crippen LogP contribution in [0.4, 0.5) is 10.8 Å².